The predicted molar refractivity (Wildman–Crippen MR) is 131 cm³/mol. The molecule has 1 aromatic heterocycles. The van der Waals surface area contributed by atoms with Gasteiger partial charge < -0.3 is 19.7 Å². The van der Waals surface area contributed by atoms with E-state index in [0.29, 0.717) is 32.7 Å². The quantitative estimate of drug-likeness (QED) is 0.409. The number of nitrogens with zero attached hydrogens (tertiary/aromatic N) is 3. The van der Waals surface area contributed by atoms with E-state index >= 15 is 0 Å². The van der Waals surface area contributed by atoms with Crippen LogP contribution in [0.5, 0.6) is 0 Å². The molecule has 2 fully saturated rings. The molecule has 2 saturated heterocycles. The summed E-state index contributed by atoms with van der Waals surface area (Å²) in [5.41, 5.74) is -0.209. The minimum Gasteiger partial charge on any atom is -0.444 e. The average molecular weight is 516 g/mol. The number of amides is 5. The van der Waals surface area contributed by atoms with Crippen LogP contribution in [0, 0.1) is 0 Å². The zero-order valence-electron chi connectivity index (χ0n) is 21.4. The SMILES string of the molecule is CC(C)(C)OC(=O)N1CCC(OCCCNc2nccc3c2C(=O)N(C2CCC(=O)NC2=O)C3=O)CC1. The first-order chi connectivity index (χ1) is 17.5. The van der Waals surface area contributed by atoms with E-state index in [2.05, 4.69) is 15.6 Å². The lowest BCUT2D eigenvalue weighted by molar-refractivity contribution is -0.136. The zero-order chi connectivity index (χ0) is 26.7. The molecule has 0 saturated carbocycles. The van der Waals surface area contributed by atoms with Crippen LogP contribution in [0.3, 0.4) is 0 Å². The van der Waals surface area contributed by atoms with Crippen molar-refractivity contribution in [3.63, 3.8) is 0 Å². The number of hydrogen-bond donors (Lipinski definition) is 2. The van der Waals surface area contributed by atoms with E-state index in [1.807, 2.05) is 20.8 Å². The molecule has 0 aromatic carbocycles. The van der Waals surface area contributed by atoms with Gasteiger partial charge in [0.25, 0.3) is 11.8 Å². The van der Waals surface area contributed by atoms with Gasteiger partial charge >= 0.3 is 6.09 Å². The second-order valence-corrected chi connectivity index (χ2v) is 10.3. The number of hydrogen-bond acceptors (Lipinski definition) is 9. The Bertz CT molecular complexity index is 1090. The van der Waals surface area contributed by atoms with Crippen molar-refractivity contribution in [3.05, 3.63) is 23.4 Å². The lowest BCUT2D eigenvalue weighted by Gasteiger charge is -2.33. The molecule has 2 N–H and O–H groups in total. The normalized spacial score (nSPS) is 20.7. The molecule has 12 nitrogen and oxygen atoms in total. The van der Waals surface area contributed by atoms with Crippen LogP contribution >= 0.6 is 0 Å². The maximum atomic E-state index is 13.1. The predicted octanol–water partition coefficient (Wildman–Crippen LogP) is 1.70. The molecule has 5 amide bonds. The van der Waals surface area contributed by atoms with Crippen LogP contribution in [0.15, 0.2) is 12.3 Å². The third-order valence-corrected chi connectivity index (χ3v) is 6.42. The van der Waals surface area contributed by atoms with Crippen LogP contribution in [0.4, 0.5) is 10.6 Å². The van der Waals surface area contributed by atoms with Crippen LogP contribution < -0.4 is 10.6 Å². The number of carbonyl (C=O) groups excluding carboxylic acids is 5. The van der Waals surface area contributed by atoms with E-state index in [0.717, 1.165) is 17.7 Å². The minimum atomic E-state index is -1.02. The minimum absolute atomic E-state index is 0.0547. The zero-order valence-corrected chi connectivity index (χ0v) is 21.4. The van der Waals surface area contributed by atoms with Gasteiger partial charge in [0.05, 0.1) is 17.2 Å². The van der Waals surface area contributed by atoms with Gasteiger partial charge in [0.15, 0.2) is 0 Å². The summed E-state index contributed by atoms with van der Waals surface area (Å²) in [6, 6.07) is 0.437. The number of piperidine rings is 2. The van der Waals surface area contributed by atoms with Crippen LogP contribution in [-0.4, -0.2) is 88.5 Å². The number of aromatic nitrogens is 1. The first-order valence-corrected chi connectivity index (χ1v) is 12.6. The Morgan fingerprint density at radius 1 is 1.14 bits per heavy atom. The second-order valence-electron chi connectivity index (χ2n) is 10.3. The van der Waals surface area contributed by atoms with Gasteiger partial charge in [-0.05, 0) is 52.5 Å². The fourth-order valence-corrected chi connectivity index (χ4v) is 4.61. The summed E-state index contributed by atoms with van der Waals surface area (Å²) in [4.78, 5) is 68.7. The highest BCUT2D eigenvalue weighted by molar-refractivity contribution is 6.25. The Kier molecular flexibility index (Phi) is 7.76. The Balaban J connectivity index is 1.24. The van der Waals surface area contributed by atoms with E-state index in [4.69, 9.17) is 9.47 Å². The maximum absolute atomic E-state index is 13.1. The molecule has 37 heavy (non-hydrogen) atoms. The number of fused-ring (bicyclic) bond motifs is 1. The molecule has 1 atom stereocenters. The lowest BCUT2D eigenvalue weighted by Crippen LogP contribution is -2.54. The van der Waals surface area contributed by atoms with Gasteiger partial charge in [0.2, 0.25) is 11.8 Å². The van der Waals surface area contributed by atoms with Crippen molar-refractivity contribution in [1.29, 1.82) is 0 Å². The molecule has 4 rings (SSSR count). The van der Waals surface area contributed by atoms with Crippen molar-refractivity contribution >= 4 is 35.5 Å². The Hall–Kier alpha value is -3.54. The van der Waals surface area contributed by atoms with Gasteiger partial charge in [-0.3, -0.25) is 29.4 Å². The highest BCUT2D eigenvalue weighted by Crippen LogP contribution is 2.31. The largest absolute Gasteiger partial charge is 0.444 e. The molecule has 0 radical (unpaired) electrons. The summed E-state index contributed by atoms with van der Waals surface area (Å²) >= 11 is 0. The topological polar surface area (TPSA) is 147 Å². The summed E-state index contributed by atoms with van der Waals surface area (Å²) in [6.45, 7) is 7.63. The third-order valence-electron chi connectivity index (χ3n) is 6.42. The fraction of sp³-hybridized carbons (Fsp3) is 0.600. The van der Waals surface area contributed by atoms with Crippen molar-refractivity contribution in [2.75, 3.05) is 31.6 Å². The number of pyridine rings is 1. The summed E-state index contributed by atoms with van der Waals surface area (Å²) in [5.74, 6) is -1.96. The molecule has 0 aliphatic carbocycles. The molecule has 3 aliphatic rings. The molecule has 0 spiro atoms. The molecular formula is C25H33N5O7. The van der Waals surface area contributed by atoms with E-state index in [1.54, 1.807) is 4.90 Å². The summed E-state index contributed by atoms with van der Waals surface area (Å²) in [7, 11) is 0. The van der Waals surface area contributed by atoms with E-state index in [9.17, 15) is 24.0 Å². The molecule has 3 aliphatic heterocycles. The van der Waals surface area contributed by atoms with Gasteiger partial charge in [-0.1, -0.05) is 0 Å². The van der Waals surface area contributed by atoms with Crippen molar-refractivity contribution in [2.45, 2.75) is 70.6 Å². The van der Waals surface area contributed by atoms with Crippen molar-refractivity contribution in [3.8, 4) is 0 Å². The highest BCUT2D eigenvalue weighted by atomic mass is 16.6. The molecule has 200 valence electrons. The summed E-state index contributed by atoms with van der Waals surface area (Å²) < 4.78 is 11.4. The molecular weight excluding hydrogens is 482 g/mol. The monoisotopic (exact) mass is 515 g/mol. The number of carbonyl (C=O) groups is 5. The first-order valence-electron chi connectivity index (χ1n) is 12.6. The Morgan fingerprint density at radius 3 is 2.54 bits per heavy atom. The molecule has 1 unspecified atom stereocenters. The number of ether oxygens (including phenoxy) is 2. The van der Waals surface area contributed by atoms with Gasteiger partial charge in [-0.15, -0.1) is 0 Å². The van der Waals surface area contributed by atoms with Crippen LogP contribution in [-0.2, 0) is 19.1 Å². The van der Waals surface area contributed by atoms with Crippen LogP contribution in [0.2, 0.25) is 0 Å². The smallest absolute Gasteiger partial charge is 0.410 e. The molecule has 12 heteroatoms. The van der Waals surface area contributed by atoms with Crippen molar-refractivity contribution < 1.29 is 33.4 Å². The standard InChI is InChI=1S/C25H33N5O7/c1-25(2,3)37-24(35)29-12-8-15(9-13-29)36-14-4-10-26-20-19-16(7-11-27-20)22(33)30(23(19)34)17-5-6-18(31)28-21(17)32/h7,11,15,17H,4-6,8-10,12-14H2,1-3H3,(H,26,27)(H,28,31,32). The summed E-state index contributed by atoms with van der Waals surface area (Å²) in [6.07, 6.45) is 3.45. The Morgan fingerprint density at radius 2 is 1.86 bits per heavy atom. The van der Waals surface area contributed by atoms with E-state index in [-0.39, 0.29) is 42.0 Å². The Labute approximate surface area is 215 Å². The highest BCUT2D eigenvalue weighted by Gasteiger charge is 2.46. The number of anilines is 1. The number of rotatable bonds is 7. The molecule has 1 aromatic rings. The van der Waals surface area contributed by atoms with Crippen molar-refractivity contribution in [2.24, 2.45) is 0 Å². The third kappa shape index (κ3) is 6.07. The molecule has 0 bridgehead atoms. The molecule has 4 heterocycles. The van der Waals surface area contributed by atoms with Gasteiger partial charge in [0, 0.05) is 38.9 Å². The van der Waals surface area contributed by atoms with Gasteiger partial charge in [0.1, 0.15) is 17.5 Å². The summed E-state index contributed by atoms with van der Waals surface area (Å²) in [5, 5.41) is 5.29. The van der Waals surface area contributed by atoms with Gasteiger partial charge in [-0.25, -0.2) is 9.78 Å². The maximum Gasteiger partial charge on any atom is 0.410 e. The van der Waals surface area contributed by atoms with E-state index in [1.165, 1.54) is 12.3 Å². The van der Waals surface area contributed by atoms with E-state index < -0.39 is 35.3 Å². The number of likely N-dealkylation sites (tertiary alicyclic amines) is 1. The lowest BCUT2D eigenvalue weighted by atomic mass is 10.0. The van der Waals surface area contributed by atoms with Crippen LogP contribution in [0.1, 0.15) is 73.6 Å². The fourth-order valence-electron chi connectivity index (χ4n) is 4.61. The second kappa shape index (κ2) is 10.8. The average Bonchev–Trinajstić information content (AvgIpc) is 3.09. The number of imide groups is 2. The van der Waals surface area contributed by atoms with Gasteiger partial charge in [-0.2, -0.15) is 0 Å². The first kappa shape index (κ1) is 26.5. The van der Waals surface area contributed by atoms with Crippen LogP contribution in [0.25, 0.3) is 0 Å². The number of nitrogens with one attached hydrogen (secondary N) is 2. The van der Waals surface area contributed by atoms with Crippen molar-refractivity contribution in [1.82, 2.24) is 20.1 Å².